The molecular formula is C19H19ClN4O2S. The average Bonchev–Trinajstić information content (AvgIpc) is 3.16. The van der Waals surface area contributed by atoms with Crippen LogP contribution in [0.5, 0.6) is 5.75 Å². The number of benzene rings is 2. The van der Waals surface area contributed by atoms with Crippen molar-refractivity contribution in [2.24, 2.45) is 0 Å². The summed E-state index contributed by atoms with van der Waals surface area (Å²) in [6.07, 6.45) is 1.48. The second kappa shape index (κ2) is 8.45. The monoisotopic (exact) mass is 402 g/mol. The van der Waals surface area contributed by atoms with E-state index in [9.17, 15) is 4.79 Å². The van der Waals surface area contributed by atoms with Crippen LogP contribution in [0.25, 0.3) is 0 Å². The number of thioether (sulfide) groups is 1. The second-order valence-corrected chi connectivity index (χ2v) is 7.70. The molecule has 6 nitrogen and oxygen atoms in total. The van der Waals surface area contributed by atoms with Gasteiger partial charge in [-0.15, -0.1) is 0 Å². The molecule has 0 atom stereocenters. The van der Waals surface area contributed by atoms with E-state index in [-0.39, 0.29) is 5.91 Å². The van der Waals surface area contributed by atoms with E-state index in [0.717, 1.165) is 16.5 Å². The summed E-state index contributed by atoms with van der Waals surface area (Å²) < 4.78 is 5.80. The first kappa shape index (κ1) is 19.3. The molecule has 0 aliphatic heterocycles. The molecule has 8 heteroatoms. The first-order valence-electron chi connectivity index (χ1n) is 8.25. The van der Waals surface area contributed by atoms with E-state index in [1.165, 1.54) is 6.33 Å². The van der Waals surface area contributed by atoms with Crippen molar-refractivity contribution in [3.8, 4) is 5.75 Å². The highest BCUT2D eigenvalue weighted by atomic mass is 35.5. The maximum atomic E-state index is 12.6. The summed E-state index contributed by atoms with van der Waals surface area (Å²) in [7, 11) is 0. The highest BCUT2D eigenvalue weighted by Gasteiger charge is 2.30. The summed E-state index contributed by atoms with van der Waals surface area (Å²) in [6, 6.07) is 14.6. The van der Waals surface area contributed by atoms with Gasteiger partial charge in [-0.2, -0.15) is 5.10 Å². The number of carbonyl (C=O) groups is 1. The number of amides is 1. The van der Waals surface area contributed by atoms with E-state index in [0.29, 0.717) is 16.5 Å². The Morgan fingerprint density at radius 3 is 2.52 bits per heavy atom. The summed E-state index contributed by atoms with van der Waals surface area (Å²) >= 11 is 7.43. The summed E-state index contributed by atoms with van der Waals surface area (Å²) in [5.41, 5.74) is 0.793. The standard InChI is InChI=1S/C19H19ClN4O2S/c1-19(2,26-16-9-5-14(20)6-10-16)17(25)23-15-7-3-13(4-8-15)11-27-18-21-12-22-24-18/h3-10,12H,11H2,1-2H3,(H,23,25)(H,21,22,24). The number of hydrogen-bond donors (Lipinski definition) is 2. The molecule has 2 N–H and O–H groups in total. The first-order chi connectivity index (χ1) is 12.9. The zero-order valence-corrected chi connectivity index (χ0v) is 16.5. The van der Waals surface area contributed by atoms with Crippen LogP contribution in [0.3, 0.4) is 0 Å². The van der Waals surface area contributed by atoms with Gasteiger partial charge in [-0.25, -0.2) is 4.98 Å². The Kier molecular flexibility index (Phi) is 6.03. The Hall–Kier alpha value is -2.51. The van der Waals surface area contributed by atoms with Crippen LogP contribution in [0.15, 0.2) is 60.0 Å². The maximum absolute atomic E-state index is 12.6. The Morgan fingerprint density at radius 1 is 1.19 bits per heavy atom. The summed E-state index contributed by atoms with van der Waals surface area (Å²) in [5, 5.41) is 10.9. The topological polar surface area (TPSA) is 79.9 Å². The molecule has 0 saturated heterocycles. The average molecular weight is 403 g/mol. The van der Waals surface area contributed by atoms with Crippen LogP contribution in [0.2, 0.25) is 5.02 Å². The van der Waals surface area contributed by atoms with Crippen LogP contribution >= 0.6 is 23.4 Å². The number of carbonyl (C=O) groups excluding carboxylic acids is 1. The maximum Gasteiger partial charge on any atom is 0.267 e. The zero-order chi connectivity index (χ0) is 19.3. The minimum absolute atomic E-state index is 0.235. The predicted octanol–water partition coefficient (Wildman–Crippen LogP) is 4.55. The fraction of sp³-hybridized carbons (Fsp3) is 0.211. The van der Waals surface area contributed by atoms with Crippen molar-refractivity contribution in [3.63, 3.8) is 0 Å². The quantitative estimate of drug-likeness (QED) is 0.567. The molecular weight excluding hydrogens is 384 g/mol. The van der Waals surface area contributed by atoms with Gasteiger partial charge in [0.2, 0.25) is 0 Å². The lowest BCUT2D eigenvalue weighted by atomic mass is 10.1. The number of hydrogen-bond acceptors (Lipinski definition) is 5. The second-order valence-electron chi connectivity index (χ2n) is 6.30. The van der Waals surface area contributed by atoms with Crippen molar-refractivity contribution in [2.75, 3.05) is 5.32 Å². The Balaban J connectivity index is 1.56. The van der Waals surface area contributed by atoms with Crippen molar-refractivity contribution in [2.45, 2.75) is 30.4 Å². The van der Waals surface area contributed by atoms with E-state index >= 15 is 0 Å². The number of rotatable bonds is 7. The van der Waals surface area contributed by atoms with Crippen molar-refractivity contribution in [1.82, 2.24) is 15.2 Å². The molecule has 0 radical (unpaired) electrons. The lowest BCUT2D eigenvalue weighted by molar-refractivity contribution is -0.128. The lowest BCUT2D eigenvalue weighted by Gasteiger charge is -2.25. The van der Waals surface area contributed by atoms with Crippen LogP contribution in [0.4, 0.5) is 5.69 Å². The van der Waals surface area contributed by atoms with Crippen LogP contribution in [-0.4, -0.2) is 26.7 Å². The van der Waals surface area contributed by atoms with Gasteiger partial charge in [-0.1, -0.05) is 35.5 Å². The van der Waals surface area contributed by atoms with E-state index in [1.807, 2.05) is 24.3 Å². The van der Waals surface area contributed by atoms with Crippen LogP contribution in [-0.2, 0) is 10.5 Å². The van der Waals surface area contributed by atoms with Crippen molar-refractivity contribution in [3.05, 3.63) is 65.4 Å². The molecule has 0 saturated carbocycles. The number of anilines is 1. The molecule has 3 aromatic rings. The number of nitrogens with zero attached hydrogens (tertiary/aromatic N) is 2. The number of halogens is 1. The molecule has 0 bridgehead atoms. The molecule has 3 rings (SSSR count). The zero-order valence-electron chi connectivity index (χ0n) is 14.9. The fourth-order valence-electron chi connectivity index (χ4n) is 2.23. The van der Waals surface area contributed by atoms with Crippen molar-refractivity contribution < 1.29 is 9.53 Å². The molecule has 0 spiro atoms. The van der Waals surface area contributed by atoms with Crippen molar-refractivity contribution >= 4 is 35.0 Å². The molecule has 0 unspecified atom stereocenters. The van der Waals surface area contributed by atoms with Gasteiger partial charge in [0.15, 0.2) is 10.8 Å². The SMILES string of the molecule is CC(C)(Oc1ccc(Cl)cc1)C(=O)Nc1ccc(CSc2ncn[nH]2)cc1. The molecule has 1 amide bonds. The molecule has 1 heterocycles. The highest BCUT2D eigenvalue weighted by Crippen LogP contribution is 2.23. The van der Waals surface area contributed by atoms with Crippen LogP contribution in [0, 0.1) is 0 Å². The third-order valence-electron chi connectivity index (χ3n) is 3.71. The molecule has 0 aliphatic rings. The summed E-state index contributed by atoms with van der Waals surface area (Å²) in [5.74, 6) is 1.11. The third-order valence-corrected chi connectivity index (χ3v) is 4.91. The normalized spacial score (nSPS) is 11.2. The molecule has 27 heavy (non-hydrogen) atoms. The van der Waals surface area contributed by atoms with Crippen molar-refractivity contribution in [1.29, 1.82) is 0 Å². The third kappa shape index (κ3) is 5.48. The summed E-state index contributed by atoms with van der Waals surface area (Å²) in [4.78, 5) is 16.7. The largest absolute Gasteiger partial charge is 0.478 e. The van der Waals surface area contributed by atoms with Gasteiger partial charge in [0.05, 0.1) is 0 Å². The molecule has 1 aromatic heterocycles. The number of aromatic nitrogens is 3. The Morgan fingerprint density at radius 2 is 1.89 bits per heavy atom. The number of nitrogens with one attached hydrogen (secondary N) is 2. The van der Waals surface area contributed by atoms with E-state index < -0.39 is 5.60 Å². The van der Waals surface area contributed by atoms with Gasteiger partial charge in [0.25, 0.3) is 5.91 Å². The van der Waals surface area contributed by atoms with Gasteiger partial charge < -0.3 is 10.1 Å². The number of aromatic amines is 1. The van der Waals surface area contributed by atoms with Crippen LogP contribution in [0.1, 0.15) is 19.4 Å². The minimum Gasteiger partial charge on any atom is -0.478 e. The summed E-state index contributed by atoms with van der Waals surface area (Å²) in [6.45, 7) is 3.44. The molecule has 0 fully saturated rings. The fourth-order valence-corrected chi connectivity index (χ4v) is 3.09. The van der Waals surface area contributed by atoms with E-state index in [2.05, 4.69) is 20.5 Å². The first-order valence-corrected chi connectivity index (χ1v) is 9.62. The minimum atomic E-state index is -1.03. The van der Waals surface area contributed by atoms with Gasteiger partial charge in [-0.05, 0) is 55.8 Å². The molecule has 140 valence electrons. The van der Waals surface area contributed by atoms with Gasteiger partial charge in [-0.3, -0.25) is 9.89 Å². The smallest absolute Gasteiger partial charge is 0.267 e. The number of ether oxygens (including phenoxy) is 1. The van der Waals surface area contributed by atoms with Gasteiger partial charge in [0, 0.05) is 16.5 Å². The predicted molar refractivity (Wildman–Crippen MR) is 107 cm³/mol. The Bertz CT molecular complexity index is 881. The number of H-pyrrole nitrogens is 1. The molecule has 2 aromatic carbocycles. The van der Waals surface area contributed by atoms with Gasteiger partial charge in [0.1, 0.15) is 12.1 Å². The van der Waals surface area contributed by atoms with E-state index in [1.54, 1.807) is 49.9 Å². The highest BCUT2D eigenvalue weighted by molar-refractivity contribution is 7.98. The lowest BCUT2D eigenvalue weighted by Crippen LogP contribution is -2.42. The van der Waals surface area contributed by atoms with Crippen LogP contribution < -0.4 is 10.1 Å². The Labute approximate surface area is 166 Å². The van der Waals surface area contributed by atoms with E-state index in [4.69, 9.17) is 16.3 Å². The molecule has 0 aliphatic carbocycles. The van der Waals surface area contributed by atoms with Gasteiger partial charge >= 0.3 is 0 Å².